The molecule has 0 saturated carbocycles. The van der Waals surface area contributed by atoms with Crippen LogP contribution in [0.15, 0.2) is 40.9 Å². The smallest absolute Gasteiger partial charge is 0.232 e. The molecule has 0 spiro atoms. The number of anilines is 1. The summed E-state index contributed by atoms with van der Waals surface area (Å²) in [6, 6.07) is 10.7. The molecule has 1 aliphatic heterocycles. The predicted molar refractivity (Wildman–Crippen MR) is 111 cm³/mol. The highest BCUT2D eigenvalue weighted by molar-refractivity contribution is 6.32. The SMILES string of the molecule is COc1ccc(N2C[C@@H](c3nc(-c4cccc(OC)c4OC)no3)CC2=O)cc1Cl. The number of para-hydroxylation sites is 1. The van der Waals surface area contributed by atoms with Gasteiger partial charge in [0.15, 0.2) is 11.5 Å². The topological polar surface area (TPSA) is 86.9 Å². The van der Waals surface area contributed by atoms with E-state index in [9.17, 15) is 4.79 Å². The molecule has 0 unspecified atom stereocenters. The van der Waals surface area contributed by atoms with Crippen LogP contribution in [0.3, 0.4) is 0 Å². The summed E-state index contributed by atoms with van der Waals surface area (Å²) in [5.41, 5.74) is 1.34. The van der Waals surface area contributed by atoms with E-state index in [1.54, 1.807) is 50.5 Å². The van der Waals surface area contributed by atoms with Gasteiger partial charge in [0.05, 0.1) is 37.8 Å². The van der Waals surface area contributed by atoms with Crippen molar-refractivity contribution in [2.24, 2.45) is 0 Å². The Labute approximate surface area is 178 Å². The number of carbonyl (C=O) groups excluding carboxylic acids is 1. The van der Waals surface area contributed by atoms with E-state index in [1.165, 1.54) is 0 Å². The van der Waals surface area contributed by atoms with Crippen LogP contribution in [-0.2, 0) is 4.79 Å². The number of nitrogens with zero attached hydrogens (tertiary/aromatic N) is 3. The molecule has 1 fully saturated rings. The van der Waals surface area contributed by atoms with Gasteiger partial charge in [-0.2, -0.15) is 4.98 Å². The zero-order valence-electron chi connectivity index (χ0n) is 16.7. The second kappa shape index (κ2) is 8.23. The van der Waals surface area contributed by atoms with Crippen molar-refractivity contribution in [1.82, 2.24) is 10.1 Å². The molecular weight excluding hydrogens is 410 g/mol. The zero-order chi connectivity index (χ0) is 21.3. The zero-order valence-corrected chi connectivity index (χ0v) is 17.5. The third-order valence-electron chi connectivity index (χ3n) is 5.01. The van der Waals surface area contributed by atoms with E-state index in [2.05, 4.69) is 10.1 Å². The molecule has 156 valence electrons. The van der Waals surface area contributed by atoms with Crippen LogP contribution < -0.4 is 19.1 Å². The lowest BCUT2D eigenvalue weighted by molar-refractivity contribution is -0.117. The molecule has 2 heterocycles. The normalized spacial score (nSPS) is 16.1. The highest BCUT2D eigenvalue weighted by atomic mass is 35.5. The summed E-state index contributed by atoms with van der Waals surface area (Å²) < 4.78 is 21.4. The third kappa shape index (κ3) is 3.54. The second-order valence-electron chi connectivity index (χ2n) is 6.72. The minimum Gasteiger partial charge on any atom is -0.495 e. The summed E-state index contributed by atoms with van der Waals surface area (Å²) in [6.07, 6.45) is 0.264. The minimum atomic E-state index is -0.226. The first-order chi connectivity index (χ1) is 14.5. The summed E-state index contributed by atoms with van der Waals surface area (Å²) in [4.78, 5) is 18.8. The van der Waals surface area contributed by atoms with Gasteiger partial charge < -0.3 is 23.6 Å². The monoisotopic (exact) mass is 429 g/mol. The highest BCUT2D eigenvalue weighted by Gasteiger charge is 2.35. The van der Waals surface area contributed by atoms with Crippen LogP contribution in [0.5, 0.6) is 17.2 Å². The largest absolute Gasteiger partial charge is 0.495 e. The lowest BCUT2D eigenvalue weighted by Crippen LogP contribution is -2.24. The standard InChI is InChI=1S/C21H20ClN3O5/c1-27-16-8-7-13(10-15(16)22)25-11-12(9-18(25)26)21-23-20(24-30-21)14-5-4-6-17(28-2)19(14)29-3/h4-8,10,12H,9,11H2,1-3H3/t12-/m0/s1. The van der Waals surface area contributed by atoms with Crippen molar-refractivity contribution in [2.45, 2.75) is 12.3 Å². The van der Waals surface area contributed by atoms with Crippen molar-refractivity contribution in [1.29, 1.82) is 0 Å². The average molecular weight is 430 g/mol. The fourth-order valence-corrected chi connectivity index (χ4v) is 3.77. The molecule has 1 aromatic heterocycles. The first-order valence-corrected chi connectivity index (χ1v) is 9.62. The van der Waals surface area contributed by atoms with Gasteiger partial charge >= 0.3 is 0 Å². The van der Waals surface area contributed by atoms with Gasteiger partial charge in [0.25, 0.3) is 0 Å². The molecule has 1 saturated heterocycles. The van der Waals surface area contributed by atoms with Crippen LogP contribution in [0, 0.1) is 0 Å². The molecular formula is C21H20ClN3O5. The molecule has 3 aromatic rings. The molecule has 0 N–H and O–H groups in total. The lowest BCUT2D eigenvalue weighted by atomic mass is 10.1. The van der Waals surface area contributed by atoms with Gasteiger partial charge in [0.2, 0.25) is 17.6 Å². The summed E-state index contributed by atoms with van der Waals surface area (Å²) in [6.45, 7) is 0.415. The van der Waals surface area contributed by atoms with Gasteiger partial charge in [-0.1, -0.05) is 22.8 Å². The Hall–Kier alpha value is -3.26. The van der Waals surface area contributed by atoms with E-state index in [1.807, 2.05) is 12.1 Å². The second-order valence-corrected chi connectivity index (χ2v) is 7.13. The van der Waals surface area contributed by atoms with Crippen molar-refractivity contribution in [3.63, 3.8) is 0 Å². The molecule has 2 aromatic carbocycles. The van der Waals surface area contributed by atoms with E-state index >= 15 is 0 Å². The van der Waals surface area contributed by atoms with Gasteiger partial charge in [0.1, 0.15) is 5.75 Å². The molecule has 4 rings (SSSR count). The summed E-state index contributed by atoms with van der Waals surface area (Å²) in [7, 11) is 4.66. The Morgan fingerprint density at radius 2 is 1.90 bits per heavy atom. The number of benzene rings is 2. The molecule has 1 amide bonds. The number of halogens is 1. The Bertz CT molecular complexity index is 1080. The Morgan fingerprint density at radius 3 is 2.60 bits per heavy atom. The number of methoxy groups -OCH3 is 3. The van der Waals surface area contributed by atoms with E-state index in [-0.39, 0.29) is 18.2 Å². The van der Waals surface area contributed by atoms with Crippen LogP contribution in [-0.4, -0.2) is 43.9 Å². The number of ether oxygens (including phenoxy) is 3. The number of amides is 1. The summed E-state index contributed by atoms with van der Waals surface area (Å²) in [5, 5.41) is 4.53. The molecule has 9 heteroatoms. The van der Waals surface area contributed by atoms with Crippen LogP contribution in [0.25, 0.3) is 11.4 Å². The van der Waals surface area contributed by atoms with Crippen LogP contribution >= 0.6 is 11.6 Å². The average Bonchev–Trinajstić information content (AvgIpc) is 3.40. The summed E-state index contributed by atoms with van der Waals surface area (Å²) in [5.74, 6) is 2.14. The van der Waals surface area contributed by atoms with Gasteiger partial charge in [-0.3, -0.25) is 4.79 Å². The van der Waals surface area contributed by atoms with E-state index < -0.39 is 0 Å². The maximum atomic E-state index is 12.6. The number of rotatable bonds is 6. The predicted octanol–water partition coefficient (Wildman–Crippen LogP) is 3.94. The molecule has 0 radical (unpaired) electrons. The van der Waals surface area contributed by atoms with Crippen LogP contribution in [0.4, 0.5) is 5.69 Å². The van der Waals surface area contributed by atoms with Crippen molar-refractivity contribution in [3.05, 3.63) is 47.3 Å². The Balaban J connectivity index is 1.58. The molecule has 1 atom stereocenters. The Morgan fingerprint density at radius 1 is 1.10 bits per heavy atom. The maximum Gasteiger partial charge on any atom is 0.232 e. The quantitative estimate of drug-likeness (QED) is 0.586. The number of hydrogen-bond acceptors (Lipinski definition) is 7. The minimum absolute atomic E-state index is 0.0417. The first kappa shape index (κ1) is 20.0. The van der Waals surface area contributed by atoms with Gasteiger partial charge in [-0.15, -0.1) is 0 Å². The van der Waals surface area contributed by atoms with E-state index in [4.69, 9.17) is 30.3 Å². The third-order valence-corrected chi connectivity index (χ3v) is 5.30. The number of hydrogen-bond donors (Lipinski definition) is 0. The summed E-state index contributed by atoms with van der Waals surface area (Å²) >= 11 is 6.21. The van der Waals surface area contributed by atoms with Crippen molar-refractivity contribution in [2.75, 3.05) is 32.8 Å². The number of aromatic nitrogens is 2. The molecule has 30 heavy (non-hydrogen) atoms. The fourth-order valence-electron chi connectivity index (χ4n) is 3.52. The van der Waals surface area contributed by atoms with Crippen molar-refractivity contribution >= 4 is 23.2 Å². The van der Waals surface area contributed by atoms with Gasteiger partial charge in [-0.25, -0.2) is 0 Å². The van der Waals surface area contributed by atoms with Crippen molar-refractivity contribution in [3.8, 4) is 28.6 Å². The van der Waals surface area contributed by atoms with Crippen LogP contribution in [0.1, 0.15) is 18.2 Å². The molecule has 0 aliphatic carbocycles. The van der Waals surface area contributed by atoms with Gasteiger partial charge in [0, 0.05) is 18.7 Å². The fraction of sp³-hybridized carbons (Fsp3) is 0.286. The van der Waals surface area contributed by atoms with Crippen LogP contribution in [0.2, 0.25) is 5.02 Å². The number of carbonyl (C=O) groups is 1. The van der Waals surface area contributed by atoms with Crippen molar-refractivity contribution < 1.29 is 23.5 Å². The maximum absolute atomic E-state index is 12.6. The van der Waals surface area contributed by atoms with Gasteiger partial charge in [-0.05, 0) is 30.3 Å². The highest BCUT2D eigenvalue weighted by Crippen LogP contribution is 2.38. The molecule has 1 aliphatic rings. The Kier molecular flexibility index (Phi) is 5.50. The molecule has 0 bridgehead atoms. The van der Waals surface area contributed by atoms with E-state index in [0.29, 0.717) is 51.8 Å². The van der Waals surface area contributed by atoms with E-state index in [0.717, 1.165) is 0 Å². The lowest BCUT2D eigenvalue weighted by Gasteiger charge is -2.17. The first-order valence-electron chi connectivity index (χ1n) is 9.24. The molecule has 8 nitrogen and oxygen atoms in total.